The average Bonchev–Trinajstić information content (AvgIpc) is 3.18. The summed E-state index contributed by atoms with van der Waals surface area (Å²) in [5.74, 6) is 1.71. The van der Waals surface area contributed by atoms with Crippen LogP contribution in [0.5, 0.6) is 5.75 Å². The van der Waals surface area contributed by atoms with Gasteiger partial charge in [-0.1, -0.05) is 17.7 Å². The van der Waals surface area contributed by atoms with Gasteiger partial charge in [-0.05, 0) is 88.4 Å². The molecule has 0 unspecified atom stereocenters. The second kappa shape index (κ2) is 10.4. The molecule has 0 atom stereocenters. The summed E-state index contributed by atoms with van der Waals surface area (Å²) in [5, 5.41) is 9.55. The van der Waals surface area contributed by atoms with E-state index in [0.29, 0.717) is 30.2 Å². The zero-order valence-electron chi connectivity index (χ0n) is 22.0. The van der Waals surface area contributed by atoms with E-state index in [-0.39, 0.29) is 24.3 Å². The number of alkyl halides is 3. The Bertz CT molecular complexity index is 1360. The highest BCUT2D eigenvalue weighted by molar-refractivity contribution is 6.30. The fraction of sp³-hybridized carbons (Fsp3) is 0.464. The Kier molecular flexibility index (Phi) is 7.26. The molecular weight excluding hydrogens is 533 g/mol. The molecule has 5 rings (SSSR count). The van der Waals surface area contributed by atoms with Crippen molar-refractivity contribution in [1.82, 2.24) is 19.7 Å². The zero-order chi connectivity index (χ0) is 27.9. The zero-order valence-corrected chi connectivity index (χ0v) is 22.7. The van der Waals surface area contributed by atoms with Crippen LogP contribution in [-0.4, -0.2) is 37.5 Å². The van der Waals surface area contributed by atoms with Gasteiger partial charge in [0, 0.05) is 10.9 Å². The van der Waals surface area contributed by atoms with Gasteiger partial charge >= 0.3 is 12.3 Å². The van der Waals surface area contributed by atoms with E-state index in [4.69, 9.17) is 21.1 Å². The predicted molar refractivity (Wildman–Crippen MR) is 139 cm³/mol. The van der Waals surface area contributed by atoms with Crippen LogP contribution in [0, 0.1) is 0 Å². The first kappa shape index (κ1) is 27.3. The lowest BCUT2D eigenvalue weighted by molar-refractivity contribution is -0.137. The summed E-state index contributed by atoms with van der Waals surface area (Å²) in [6.45, 7) is 6.00. The fourth-order valence-electron chi connectivity index (χ4n) is 5.12. The molecule has 1 aliphatic carbocycles. The molecular formula is C28H30ClF3N4O3. The molecule has 0 radical (unpaired) electrons. The second-order valence-electron chi connectivity index (χ2n) is 11.0. The highest BCUT2D eigenvalue weighted by Gasteiger charge is 2.34. The molecule has 1 aliphatic heterocycles. The van der Waals surface area contributed by atoms with Crippen molar-refractivity contribution in [1.29, 1.82) is 0 Å². The third kappa shape index (κ3) is 6.16. The number of ether oxygens (including phenoxy) is 2. The monoisotopic (exact) mass is 562 g/mol. The second-order valence-corrected chi connectivity index (χ2v) is 11.5. The van der Waals surface area contributed by atoms with Gasteiger partial charge in [-0.25, -0.2) is 4.79 Å². The van der Waals surface area contributed by atoms with Crippen molar-refractivity contribution in [3.63, 3.8) is 0 Å². The van der Waals surface area contributed by atoms with Gasteiger partial charge in [-0.2, -0.15) is 13.2 Å². The van der Waals surface area contributed by atoms with E-state index in [1.165, 1.54) is 6.07 Å². The minimum atomic E-state index is -4.41. The largest absolute Gasteiger partial charge is 0.490 e. The third-order valence-corrected chi connectivity index (χ3v) is 7.12. The Morgan fingerprint density at radius 3 is 2.44 bits per heavy atom. The maximum Gasteiger partial charge on any atom is 0.416 e. The van der Waals surface area contributed by atoms with E-state index in [1.54, 1.807) is 17.0 Å². The predicted octanol–water partition coefficient (Wildman–Crippen LogP) is 7.30. The Labute approximate surface area is 229 Å². The van der Waals surface area contributed by atoms with Crippen LogP contribution < -0.4 is 4.74 Å². The maximum absolute atomic E-state index is 13.1. The molecule has 1 amide bonds. The number of hydrogen-bond acceptors (Lipinski definition) is 5. The van der Waals surface area contributed by atoms with Gasteiger partial charge in [0.05, 0.1) is 30.4 Å². The van der Waals surface area contributed by atoms with Crippen LogP contribution in [0.2, 0.25) is 5.02 Å². The minimum absolute atomic E-state index is 0.0733. The molecule has 1 fully saturated rings. The van der Waals surface area contributed by atoms with E-state index in [2.05, 4.69) is 10.2 Å². The van der Waals surface area contributed by atoms with E-state index in [1.807, 2.05) is 37.5 Å². The van der Waals surface area contributed by atoms with Gasteiger partial charge in [0.15, 0.2) is 5.82 Å². The SMILES string of the molecule is CC(C)(C)OC(=O)N1Cc2cc(Cl)ccc2-n2c(nnc2C2CCC(Oc3cccc(C(F)(F)F)c3)CC2)C1. The lowest BCUT2D eigenvalue weighted by Gasteiger charge is -2.29. The standard InChI is InChI=1S/C28H30ClF3N4O3/c1-27(2,3)39-26(37)35-15-18-13-20(29)9-12-23(18)36-24(16-35)33-34-25(36)17-7-10-21(11-8-17)38-22-6-4-5-19(14-22)28(30,31)32/h4-6,9,12-14,17,21H,7-8,10-11,15-16H2,1-3H3. The van der Waals surface area contributed by atoms with E-state index in [0.717, 1.165) is 42.0 Å². The first-order valence-electron chi connectivity index (χ1n) is 12.9. The first-order chi connectivity index (χ1) is 18.4. The number of nitrogens with zero attached hydrogens (tertiary/aromatic N) is 4. The molecule has 0 saturated heterocycles. The van der Waals surface area contributed by atoms with Crippen LogP contribution in [0.1, 0.15) is 75.1 Å². The molecule has 2 heterocycles. The van der Waals surface area contributed by atoms with Gasteiger partial charge < -0.3 is 9.47 Å². The number of halogens is 4. The summed E-state index contributed by atoms with van der Waals surface area (Å²) in [4.78, 5) is 14.6. The highest BCUT2D eigenvalue weighted by Crippen LogP contribution is 2.38. The number of aromatic nitrogens is 3. The highest BCUT2D eigenvalue weighted by atomic mass is 35.5. The summed E-state index contributed by atoms with van der Waals surface area (Å²) in [5.41, 5.74) is 0.352. The fourth-order valence-corrected chi connectivity index (χ4v) is 5.32. The van der Waals surface area contributed by atoms with E-state index in [9.17, 15) is 18.0 Å². The topological polar surface area (TPSA) is 69.5 Å². The lowest BCUT2D eigenvalue weighted by Crippen LogP contribution is -2.35. The van der Waals surface area contributed by atoms with Crippen LogP contribution in [0.15, 0.2) is 42.5 Å². The number of amides is 1. The lowest BCUT2D eigenvalue weighted by atomic mass is 9.86. The Balaban J connectivity index is 1.35. The first-order valence-corrected chi connectivity index (χ1v) is 13.3. The van der Waals surface area contributed by atoms with Gasteiger partial charge in [-0.15, -0.1) is 10.2 Å². The quantitative estimate of drug-likeness (QED) is 0.335. The number of rotatable bonds is 3. The van der Waals surface area contributed by atoms with Gasteiger partial charge in [-0.3, -0.25) is 9.47 Å². The molecule has 11 heteroatoms. The average molecular weight is 563 g/mol. The molecule has 3 aromatic rings. The van der Waals surface area contributed by atoms with E-state index < -0.39 is 23.4 Å². The smallest absolute Gasteiger partial charge is 0.416 e. The van der Waals surface area contributed by atoms with Crippen LogP contribution in [-0.2, 0) is 24.0 Å². The van der Waals surface area contributed by atoms with Crippen LogP contribution in [0.4, 0.5) is 18.0 Å². The van der Waals surface area contributed by atoms with Crippen molar-refractivity contribution in [2.24, 2.45) is 0 Å². The molecule has 7 nitrogen and oxygen atoms in total. The van der Waals surface area contributed by atoms with Gasteiger partial charge in [0.1, 0.15) is 17.2 Å². The summed E-state index contributed by atoms with van der Waals surface area (Å²) in [7, 11) is 0. The number of fused-ring (bicyclic) bond motifs is 3. The molecule has 0 spiro atoms. The molecule has 2 aliphatic rings. The van der Waals surface area contributed by atoms with Crippen molar-refractivity contribution in [3.05, 3.63) is 70.3 Å². The molecule has 0 bridgehead atoms. The third-order valence-electron chi connectivity index (χ3n) is 6.89. The number of benzene rings is 2. The van der Waals surface area contributed by atoms with Gasteiger partial charge in [0.2, 0.25) is 0 Å². The van der Waals surface area contributed by atoms with Gasteiger partial charge in [0.25, 0.3) is 0 Å². The van der Waals surface area contributed by atoms with Crippen LogP contribution in [0.3, 0.4) is 0 Å². The maximum atomic E-state index is 13.1. The number of carbonyl (C=O) groups is 1. The molecule has 1 saturated carbocycles. The molecule has 2 aromatic carbocycles. The molecule has 1 aromatic heterocycles. The minimum Gasteiger partial charge on any atom is -0.490 e. The summed E-state index contributed by atoms with van der Waals surface area (Å²) in [6, 6.07) is 10.6. The van der Waals surface area contributed by atoms with Crippen molar-refractivity contribution < 1.29 is 27.4 Å². The number of carbonyl (C=O) groups excluding carboxylic acids is 1. The molecule has 0 N–H and O–H groups in total. The van der Waals surface area contributed by atoms with Crippen molar-refractivity contribution in [2.45, 2.75) is 83.3 Å². The number of hydrogen-bond donors (Lipinski definition) is 0. The van der Waals surface area contributed by atoms with Crippen molar-refractivity contribution in [2.75, 3.05) is 0 Å². The Morgan fingerprint density at radius 2 is 1.74 bits per heavy atom. The summed E-state index contributed by atoms with van der Waals surface area (Å²) >= 11 is 6.32. The van der Waals surface area contributed by atoms with E-state index >= 15 is 0 Å². The van der Waals surface area contributed by atoms with Crippen LogP contribution >= 0.6 is 11.6 Å². The summed E-state index contributed by atoms with van der Waals surface area (Å²) < 4.78 is 52.8. The normalized spacial score (nSPS) is 19.6. The van der Waals surface area contributed by atoms with Crippen molar-refractivity contribution in [3.8, 4) is 11.4 Å². The van der Waals surface area contributed by atoms with Crippen molar-refractivity contribution >= 4 is 17.7 Å². The Morgan fingerprint density at radius 1 is 1.00 bits per heavy atom. The van der Waals surface area contributed by atoms with Crippen LogP contribution in [0.25, 0.3) is 5.69 Å². The Hall–Kier alpha value is -3.27. The summed E-state index contributed by atoms with van der Waals surface area (Å²) in [6.07, 6.45) is -2.24. The molecule has 39 heavy (non-hydrogen) atoms. The molecule has 208 valence electrons.